The molecular formula is C14H21NO2. The molecule has 1 aromatic heterocycles. The van der Waals surface area contributed by atoms with Crippen molar-refractivity contribution in [1.29, 1.82) is 0 Å². The van der Waals surface area contributed by atoms with Crippen LogP contribution in [0, 0.1) is 5.92 Å². The molecule has 1 atom stereocenters. The van der Waals surface area contributed by atoms with Gasteiger partial charge in [-0.15, -0.1) is 0 Å². The first kappa shape index (κ1) is 11.3. The molecule has 2 fully saturated rings. The molecule has 1 saturated carbocycles. The van der Waals surface area contributed by atoms with E-state index in [4.69, 9.17) is 9.15 Å². The number of morpholine rings is 1. The van der Waals surface area contributed by atoms with Crippen LogP contribution in [0.3, 0.4) is 0 Å². The molecule has 1 aliphatic heterocycles. The molecule has 2 heterocycles. The lowest BCUT2D eigenvalue weighted by atomic mass is 9.77. The summed E-state index contributed by atoms with van der Waals surface area (Å²) in [7, 11) is 0. The van der Waals surface area contributed by atoms with Gasteiger partial charge in [-0.3, -0.25) is 0 Å². The second-order valence-electron chi connectivity index (χ2n) is 5.66. The first-order valence-corrected chi connectivity index (χ1v) is 6.67. The van der Waals surface area contributed by atoms with Crippen molar-refractivity contribution in [3.8, 4) is 0 Å². The molecule has 3 heteroatoms. The van der Waals surface area contributed by atoms with Crippen LogP contribution in [0.5, 0.6) is 0 Å². The van der Waals surface area contributed by atoms with Crippen LogP contribution >= 0.6 is 0 Å². The van der Waals surface area contributed by atoms with Crippen LogP contribution in [0.15, 0.2) is 22.8 Å². The molecule has 0 aromatic carbocycles. The largest absolute Gasteiger partial charge is 0.467 e. The average molecular weight is 235 g/mol. The van der Waals surface area contributed by atoms with Crippen molar-refractivity contribution >= 4 is 0 Å². The number of hydrogen-bond donors (Lipinski definition) is 1. The Kier molecular flexibility index (Phi) is 2.97. The van der Waals surface area contributed by atoms with Crippen LogP contribution in [0.2, 0.25) is 0 Å². The summed E-state index contributed by atoms with van der Waals surface area (Å²) in [5.41, 5.74) is 0.246. The van der Waals surface area contributed by atoms with E-state index in [0.29, 0.717) is 0 Å². The highest BCUT2D eigenvalue weighted by Gasteiger charge is 2.38. The molecule has 1 spiro atoms. The summed E-state index contributed by atoms with van der Waals surface area (Å²) in [5, 5.41) is 3.71. The van der Waals surface area contributed by atoms with E-state index in [2.05, 4.69) is 12.2 Å². The molecule has 3 nitrogen and oxygen atoms in total. The van der Waals surface area contributed by atoms with Crippen molar-refractivity contribution < 1.29 is 9.15 Å². The Balaban J connectivity index is 1.60. The van der Waals surface area contributed by atoms with Crippen molar-refractivity contribution in [2.45, 2.75) is 44.2 Å². The fourth-order valence-electron chi connectivity index (χ4n) is 2.97. The molecule has 94 valence electrons. The second kappa shape index (κ2) is 4.46. The van der Waals surface area contributed by atoms with E-state index in [1.165, 1.54) is 25.7 Å². The monoisotopic (exact) mass is 235 g/mol. The average Bonchev–Trinajstić information content (AvgIpc) is 2.88. The predicted molar refractivity (Wildman–Crippen MR) is 65.8 cm³/mol. The van der Waals surface area contributed by atoms with Crippen molar-refractivity contribution in [3.05, 3.63) is 24.2 Å². The van der Waals surface area contributed by atoms with Gasteiger partial charge in [0.2, 0.25) is 0 Å². The molecule has 0 radical (unpaired) electrons. The van der Waals surface area contributed by atoms with Gasteiger partial charge in [0.05, 0.1) is 12.9 Å². The van der Waals surface area contributed by atoms with E-state index in [9.17, 15) is 0 Å². The topological polar surface area (TPSA) is 34.4 Å². The first-order valence-electron chi connectivity index (χ1n) is 6.67. The highest BCUT2D eigenvalue weighted by molar-refractivity contribution is 5.06. The smallest absolute Gasteiger partial charge is 0.133 e. The van der Waals surface area contributed by atoms with Gasteiger partial charge in [-0.25, -0.2) is 0 Å². The van der Waals surface area contributed by atoms with Gasteiger partial charge in [-0.05, 0) is 43.7 Å². The zero-order valence-electron chi connectivity index (χ0n) is 10.4. The minimum Gasteiger partial charge on any atom is -0.467 e. The lowest BCUT2D eigenvalue weighted by Gasteiger charge is -2.44. The van der Waals surface area contributed by atoms with Gasteiger partial charge in [-0.1, -0.05) is 6.92 Å². The van der Waals surface area contributed by atoms with Gasteiger partial charge in [0, 0.05) is 12.1 Å². The molecule has 1 aromatic rings. The quantitative estimate of drug-likeness (QED) is 0.812. The summed E-state index contributed by atoms with van der Waals surface area (Å²) in [5.74, 6) is 1.82. The Morgan fingerprint density at radius 3 is 2.76 bits per heavy atom. The summed E-state index contributed by atoms with van der Waals surface area (Å²) in [6.07, 6.45) is 6.95. The van der Waals surface area contributed by atoms with Crippen LogP contribution in [0.4, 0.5) is 0 Å². The maximum absolute atomic E-state index is 5.99. The van der Waals surface area contributed by atoms with E-state index in [-0.39, 0.29) is 11.6 Å². The van der Waals surface area contributed by atoms with Gasteiger partial charge in [0.15, 0.2) is 0 Å². The zero-order valence-corrected chi connectivity index (χ0v) is 10.4. The van der Waals surface area contributed by atoms with Gasteiger partial charge >= 0.3 is 0 Å². The van der Waals surface area contributed by atoms with E-state index >= 15 is 0 Å². The van der Waals surface area contributed by atoms with Crippen LogP contribution < -0.4 is 5.32 Å². The fraction of sp³-hybridized carbons (Fsp3) is 0.714. The Bertz CT molecular complexity index is 342. The molecule has 2 aliphatic rings. The molecule has 1 N–H and O–H groups in total. The molecule has 3 rings (SSSR count). The van der Waals surface area contributed by atoms with Gasteiger partial charge < -0.3 is 14.5 Å². The third-order valence-electron chi connectivity index (χ3n) is 4.32. The van der Waals surface area contributed by atoms with E-state index in [1.807, 2.05) is 12.1 Å². The molecule has 1 saturated heterocycles. The SMILES string of the molecule is CC1CCC2(CC1)COC(c1ccco1)CN2. The highest BCUT2D eigenvalue weighted by atomic mass is 16.5. The summed E-state index contributed by atoms with van der Waals surface area (Å²) < 4.78 is 11.4. The number of hydrogen-bond acceptors (Lipinski definition) is 3. The number of nitrogens with one attached hydrogen (secondary N) is 1. The summed E-state index contributed by atoms with van der Waals surface area (Å²) in [4.78, 5) is 0. The second-order valence-corrected chi connectivity index (χ2v) is 5.66. The van der Waals surface area contributed by atoms with Crippen LogP contribution in [0.1, 0.15) is 44.5 Å². The molecular weight excluding hydrogens is 214 g/mol. The lowest BCUT2D eigenvalue weighted by Crippen LogP contribution is -2.56. The van der Waals surface area contributed by atoms with Gasteiger partial charge in [0.25, 0.3) is 0 Å². The first-order chi connectivity index (χ1) is 8.27. The van der Waals surface area contributed by atoms with Crippen LogP contribution in [-0.2, 0) is 4.74 Å². The zero-order chi connectivity index (χ0) is 11.7. The van der Waals surface area contributed by atoms with Crippen molar-refractivity contribution in [3.63, 3.8) is 0 Å². The normalized spacial score (nSPS) is 38.4. The fourth-order valence-corrected chi connectivity index (χ4v) is 2.97. The number of ether oxygens (including phenoxy) is 1. The van der Waals surface area contributed by atoms with Crippen LogP contribution in [-0.4, -0.2) is 18.7 Å². The third-order valence-corrected chi connectivity index (χ3v) is 4.32. The summed E-state index contributed by atoms with van der Waals surface area (Å²) in [6.45, 7) is 4.05. The maximum atomic E-state index is 5.99. The van der Waals surface area contributed by atoms with Crippen molar-refractivity contribution in [2.24, 2.45) is 5.92 Å². The van der Waals surface area contributed by atoms with E-state index in [0.717, 1.165) is 24.8 Å². The predicted octanol–water partition coefficient (Wildman–Crippen LogP) is 2.89. The third kappa shape index (κ3) is 2.26. The van der Waals surface area contributed by atoms with E-state index in [1.54, 1.807) is 6.26 Å². The van der Waals surface area contributed by atoms with Gasteiger partial charge in [-0.2, -0.15) is 0 Å². The minimum absolute atomic E-state index is 0.0926. The Morgan fingerprint density at radius 1 is 1.35 bits per heavy atom. The van der Waals surface area contributed by atoms with Crippen molar-refractivity contribution in [2.75, 3.05) is 13.2 Å². The van der Waals surface area contributed by atoms with Crippen LogP contribution in [0.25, 0.3) is 0 Å². The Morgan fingerprint density at radius 2 is 2.18 bits per heavy atom. The maximum Gasteiger partial charge on any atom is 0.133 e. The standard InChI is InChI=1S/C14H21NO2/c1-11-4-6-14(7-5-11)10-17-13(9-15-14)12-3-2-8-16-12/h2-3,8,11,13,15H,4-7,9-10H2,1H3. The summed E-state index contributed by atoms with van der Waals surface area (Å²) in [6, 6.07) is 3.92. The number of furan rings is 1. The summed E-state index contributed by atoms with van der Waals surface area (Å²) >= 11 is 0. The van der Waals surface area contributed by atoms with Gasteiger partial charge in [0.1, 0.15) is 11.9 Å². The molecule has 0 amide bonds. The molecule has 0 bridgehead atoms. The Labute approximate surface area is 103 Å². The Hall–Kier alpha value is -0.800. The lowest BCUT2D eigenvalue weighted by molar-refractivity contribution is -0.0583. The van der Waals surface area contributed by atoms with E-state index < -0.39 is 0 Å². The highest BCUT2D eigenvalue weighted by Crippen LogP contribution is 2.36. The molecule has 17 heavy (non-hydrogen) atoms. The van der Waals surface area contributed by atoms with Crippen molar-refractivity contribution in [1.82, 2.24) is 5.32 Å². The molecule has 1 unspecified atom stereocenters. The minimum atomic E-state index is 0.0926. The number of rotatable bonds is 1. The molecule has 1 aliphatic carbocycles.